The molecule has 1 fully saturated rings. The van der Waals surface area contributed by atoms with E-state index >= 15 is 0 Å². The van der Waals surface area contributed by atoms with Gasteiger partial charge in [0.1, 0.15) is 5.69 Å². The molecular formula is C12H15F3N2O2. The number of halogens is 3. The highest BCUT2D eigenvalue weighted by molar-refractivity contribution is 5.29. The zero-order chi connectivity index (χ0) is 13.9. The van der Waals surface area contributed by atoms with Gasteiger partial charge in [0.15, 0.2) is 0 Å². The molecule has 1 atom stereocenters. The summed E-state index contributed by atoms with van der Waals surface area (Å²) in [5.74, 6) is 0.159. The number of aromatic nitrogens is 1. The molecule has 0 radical (unpaired) electrons. The van der Waals surface area contributed by atoms with Crippen LogP contribution in [0.5, 0.6) is 5.88 Å². The van der Waals surface area contributed by atoms with Gasteiger partial charge >= 0.3 is 6.18 Å². The van der Waals surface area contributed by atoms with Crippen LogP contribution < -0.4 is 10.5 Å². The fraction of sp³-hybridized carbons (Fsp3) is 0.583. The Morgan fingerprint density at radius 1 is 1.42 bits per heavy atom. The highest BCUT2D eigenvalue weighted by Crippen LogP contribution is 2.30. The lowest BCUT2D eigenvalue weighted by Gasteiger charge is -2.14. The molecule has 0 saturated carbocycles. The van der Waals surface area contributed by atoms with Gasteiger partial charge in [-0.05, 0) is 12.5 Å². The first-order chi connectivity index (χ1) is 9.00. The fourth-order valence-electron chi connectivity index (χ4n) is 1.82. The number of nitrogens with zero attached hydrogens (tertiary/aromatic N) is 1. The monoisotopic (exact) mass is 276 g/mol. The zero-order valence-corrected chi connectivity index (χ0v) is 10.2. The second-order valence-corrected chi connectivity index (χ2v) is 4.40. The molecular weight excluding hydrogens is 261 g/mol. The Balaban J connectivity index is 2.11. The molecule has 1 saturated heterocycles. The van der Waals surface area contributed by atoms with Gasteiger partial charge in [-0.3, -0.25) is 0 Å². The lowest BCUT2D eigenvalue weighted by molar-refractivity contribution is -0.141. The van der Waals surface area contributed by atoms with Crippen LogP contribution >= 0.6 is 0 Å². The van der Waals surface area contributed by atoms with Crippen LogP contribution in [0.2, 0.25) is 0 Å². The Morgan fingerprint density at radius 2 is 2.21 bits per heavy atom. The number of hydrogen-bond acceptors (Lipinski definition) is 4. The molecule has 2 N–H and O–H groups in total. The summed E-state index contributed by atoms with van der Waals surface area (Å²) >= 11 is 0. The number of rotatable bonds is 4. The lowest BCUT2D eigenvalue weighted by Crippen LogP contribution is -2.16. The highest BCUT2D eigenvalue weighted by Gasteiger charge is 2.33. The first-order valence-electron chi connectivity index (χ1n) is 5.98. The second kappa shape index (κ2) is 5.75. The van der Waals surface area contributed by atoms with Crippen LogP contribution in [0.4, 0.5) is 13.2 Å². The number of hydrogen-bond donors (Lipinski definition) is 1. The average Bonchev–Trinajstić information content (AvgIpc) is 2.88. The summed E-state index contributed by atoms with van der Waals surface area (Å²) in [7, 11) is 0. The largest absolute Gasteiger partial charge is 0.477 e. The van der Waals surface area contributed by atoms with E-state index in [2.05, 4.69) is 4.98 Å². The van der Waals surface area contributed by atoms with Crippen LogP contribution in [-0.2, 0) is 17.5 Å². The van der Waals surface area contributed by atoms with Crippen LogP contribution in [0.25, 0.3) is 0 Å². The number of nitrogens with two attached hydrogens (primary N) is 1. The van der Waals surface area contributed by atoms with Crippen molar-refractivity contribution in [3.8, 4) is 5.88 Å². The van der Waals surface area contributed by atoms with Crippen molar-refractivity contribution in [3.63, 3.8) is 0 Å². The van der Waals surface area contributed by atoms with Crippen molar-refractivity contribution in [2.45, 2.75) is 19.1 Å². The van der Waals surface area contributed by atoms with E-state index in [9.17, 15) is 13.2 Å². The summed E-state index contributed by atoms with van der Waals surface area (Å²) in [6.45, 7) is 1.60. The molecule has 4 nitrogen and oxygen atoms in total. The molecule has 1 aromatic rings. The van der Waals surface area contributed by atoms with Gasteiger partial charge in [-0.1, -0.05) is 6.07 Å². The minimum atomic E-state index is -4.48. The molecule has 0 aromatic carbocycles. The lowest BCUT2D eigenvalue weighted by atomic mass is 10.1. The third-order valence-electron chi connectivity index (χ3n) is 2.93. The first-order valence-corrected chi connectivity index (χ1v) is 5.98. The number of pyridine rings is 1. The molecule has 2 heterocycles. The summed E-state index contributed by atoms with van der Waals surface area (Å²) in [6.07, 6.45) is -3.64. The normalized spacial score (nSPS) is 19.7. The molecule has 2 rings (SSSR count). The minimum absolute atomic E-state index is 0.0378. The Labute approximate surface area is 108 Å². The highest BCUT2D eigenvalue weighted by atomic mass is 19.4. The predicted octanol–water partition coefficient (Wildman–Crippen LogP) is 1.97. The van der Waals surface area contributed by atoms with Crippen molar-refractivity contribution in [1.29, 1.82) is 0 Å². The van der Waals surface area contributed by atoms with E-state index < -0.39 is 11.9 Å². The van der Waals surface area contributed by atoms with Gasteiger partial charge in [-0.2, -0.15) is 13.2 Å². The van der Waals surface area contributed by atoms with E-state index in [0.717, 1.165) is 12.5 Å². The van der Waals surface area contributed by atoms with Crippen molar-refractivity contribution in [2.75, 3.05) is 19.8 Å². The van der Waals surface area contributed by atoms with E-state index in [0.29, 0.717) is 25.4 Å². The quantitative estimate of drug-likeness (QED) is 0.913. The maximum absolute atomic E-state index is 12.6. The average molecular weight is 276 g/mol. The Morgan fingerprint density at radius 3 is 2.79 bits per heavy atom. The standard InChI is InChI=1S/C12H15F3N2O2/c13-12(14,15)10-2-1-9(5-16)11(17-10)19-7-8-3-4-18-6-8/h1-2,8H,3-7,16H2. The maximum Gasteiger partial charge on any atom is 0.433 e. The van der Waals surface area contributed by atoms with Gasteiger partial charge in [0.05, 0.1) is 13.2 Å². The van der Waals surface area contributed by atoms with E-state index in [1.165, 1.54) is 6.07 Å². The molecule has 0 amide bonds. The van der Waals surface area contributed by atoms with Crippen molar-refractivity contribution >= 4 is 0 Å². The summed E-state index contributed by atoms with van der Waals surface area (Å²) in [5.41, 5.74) is 4.96. The van der Waals surface area contributed by atoms with Crippen molar-refractivity contribution in [2.24, 2.45) is 11.7 Å². The third kappa shape index (κ3) is 3.57. The molecule has 0 spiro atoms. The van der Waals surface area contributed by atoms with Crippen LogP contribution in [-0.4, -0.2) is 24.8 Å². The molecule has 0 bridgehead atoms. The van der Waals surface area contributed by atoms with Gasteiger partial charge in [0, 0.05) is 24.6 Å². The predicted molar refractivity (Wildman–Crippen MR) is 61.6 cm³/mol. The van der Waals surface area contributed by atoms with Crippen molar-refractivity contribution in [3.05, 3.63) is 23.4 Å². The molecule has 1 aliphatic rings. The van der Waals surface area contributed by atoms with E-state index in [4.69, 9.17) is 15.2 Å². The van der Waals surface area contributed by atoms with Crippen LogP contribution in [0.3, 0.4) is 0 Å². The second-order valence-electron chi connectivity index (χ2n) is 4.40. The smallest absolute Gasteiger partial charge is 0.433 e. The van der Waals surface area contributed by atoms with Crippen LogP contribution in [0.1, 0.15) is 17.7 Å². The van der Waals surface area contributed by atoms with E-state index in [1.807, 2.05) is 0 Å². The Kier molecular flexibility index (Phi) is 4.26. The summed E-state index contributed by atoms with van der Waals surface area (Å²) in [5, 5.41) is 0. The molecule has 1 aliphatic heterocycles. The molecule has 1 unspecified atom stereocenters. The molecule has 1 aromatic heterocycles. The number of alkyl halides is 3. The van der Waals surface area contributed by atoms with Gasteiger partial charge in [-0.25, -0.2) is 4.98 Å². The van der Waals surface area contributed by atoms with Gasteiger partial charge < -0.3 is 15.2 Å². The van der Waals surface area contributed by atoms with Gasteiger partial charge in [-0.15, -0.1) is 0 Å². The maximum atomic E-state index is 12.6. The first kappa shape index (κ1) is 14.1. The molecule has 19 heavy (non-hydrogen) atoms. The minimum Gasteiger partial charge on any atom is -0.477 e. The SMILES string of the molecule is NCc1ccc(C(F)(F)F)nc1OCC1CCOC1. The van der Waals surface area contributed by atoms with Crippen LogP contribution in [0, 0.1) is 5.92 Å². The zero-order valence-electron chi connectivity index (χ0n) is 10.2. The molecule has 0 aliphatic carbocycles. The van der Waals surface area contributed by atoms with Gasteiger partial charge in [0.2, 0.25) is 5.88 Å². The summed E-state index contributed by atoms with van der Waals surface area (Å²) in [4.78, 5) is 3.51. The van der Waals surface area contributed by atoms with Gasteiger partial charge in [0.25, 0.3) is 0 Å². The van der Waals surface area contributed by atoms with Crippen molar-refractivity contribution in [1.82, 2.24) is 4.98 Å². The Hall–Kier alpha value is -1.34. The van der Waals surface area contributed by atoms with E-state index in [-0.39, 0.29) is 18.3 Å². The summed E-state index contributed by atoms with van der Waals surface area (Å²) < 4.78 is 48.3. The number of ether oxygens (including phenoxy) is 2. The van der Waals surface area contributed by atoms with Crippen LogP contribution in [0.15, 0.2) is 12.1 Å². The molecule has 7 heteroatoms. The van der Waals surface area contributed by atoms with E-state index in [1.54, 1.807) is 0 Å². The Bertz CT molecular complexity index is 431. The van der Waals surface area contributed by atoms with Crippen molar-refractivity contribution < 1.29 is 22.6 Å². The summed E-state index contributed by atoms with van der Waals surface area (Å²) in [6, 6.07) is 2.21. The third-order valence-corrected chi connectivity index (χ3v) is 2.93. The fourth-order valence-corrected chi connectivity index (χ4v) is 1.82. The topological polar surface area (TPSA) is 57.4 Å². The molecule has 106 valence electrons.